The Hall–Kier alpha value is -2.62. The van der Waals surface area contributed by atoms with Gasteiger partial charge in [0, 0.05) is 17.1 Å². The topological polar surface area (TPSA) is 47.0 Å². The Labute approximate surface area is 123 Å². The minimum absolute atomic E-state index is 0.806. The van der Waals surface area contributed by atoms with Crippen LogP contribution in [0.5, 0.6) is 5.75 Å². The average molecular weight is 279 g/mol. The summed E-state index contributed by atoms with van der Waals surface area (Å²) in [5.41, 5.74) is 4.15. The SMILES string of the molecule is COc1cc2ncnc(Nc3ccccc3C)c2cc1C. The third-order valence-electron chi connectivity index (χ3n) is 3.55. The lowest BCUT2D eigenvalue weighted by atomic mass is 10.1. The van der Waals surface area contributed by atoms with Crippen molar-refractivity contribution in [2.75, 3.05) is 12.4 Å². The molecule has 1 N–H and O–H groups in total. The number of anilines is 2. The highest BCUT2D eigenvalue weighted by Crippen LogP contribution is 2.29. The van der Waals surface area contributed by atoms with Crippen molar-refractivity contribution in [2.45, 2.75) is 13.8 Å². The first kappa shape index (κ1) is 13.4. The smallest absolute Gasteiger partial charge is 0.141 e. The Morgan fingerprint density at radius 2 is 1.81 bits per heavy atom. The molecule has 0 bridgehead atoms. The van der Waals surface area contributed by atoms with E-state index in [0.29, 0.717) is 0 Å². The molecule has 1 heterocycles. The summed E-state index contributed by atoms with van der Waals surface area (Å²) in [5.74, 6) is 1.64. The Bertz CT molecular complexity index is 799. The van der Waals surface area contributed by atoms with E-state index in [1.165, 1.54) is 5.56 Å². The van der Waals surface area contributed by atoms with Crippen molar-refractivity contribution < 1.29 is 4.74 Å². The standard InChI is InChI=1S/C17H17N3O/c1-11-6-4-5-7-14(11)20-17-13-8-12(2)16(21-3)9-15(13)18-10-19-17/h4-10H,1-3H3,(H,18,19,20). The monoisotopic (exact) mass is 279 g/mol. The van der Waals surface area contributed by atoms with Gasteiger partial charge in [-0.15, -0.1) is 0 Å². The van der Waals surface area contributed by atoms with E-state index in [9.17, 15) is 0 Å². The van der Waals surface area contributed by atoms with Gasteiger partial charge in [-0.2, -0.15) is 0 Å². The van der Waals surface area contributed by atoms with Gasteiger partial charge in [0.1, 0.15) is 17.9 Å². The maximum absolute atomic E-state index is 5.35. The van der Waals surface area contributed by atoms with E-state index in [4.69, 9.17) is 4.74 Å². The van der Waals surface area contributed by atoms with E-state index in [-0.39, 0.29) is 0 Å². The Kier molecular flexibility index (Phi) is 3.44. The molecule has 0 amide bonds. The average Bonchev–Trinajstić information content (AvgIpc) is 2.49. The molecule has 0 saturated heterocycles. The normalized spacial score (nSPS) is 10.6. The van der Waals surface area contributed by atoms with Crippen LogP contribution in [-0.4, -0.2) is 17.1 Å². The van der Waals surface area contributed by atoms with E-state index in [2.05, 4.69) is 34.3 Å². The predicted molar refractivity (Wildman–Crippen MR) is 85.3 cm³/mol. The second kappa shape index (κ2) is 5.40. The second-order valence-corrected chi connectivity index (χ2v) is 5.00. The number of hydrogen-bond donors (Lipinski definition) is 1. The Morgan fingerprint density at radius 3 is 2.57 bits per heavy atom. The summed E-state index contributed by atoms with van der Waals surface area (Å²) in [6.07, 6.45) is 1.57. The van der Waals surface area contributed by atoms with Crippen LogP contribution in [0.4, 0.5) is 11.5 Å². The lowest BCUT2D eigenvalue weighted by molar-refractivity contribution is 0.412. The van der Waals surface area contributed by atoms with Gasteiger partial charge in [0.05, 0.1) is 12.6 Å². The highest BCUT2D eigenvalue weighted by atomic mass is 16.5. The van der Waals surface area contributed by atoms with Crippen LogP contribution in [0.3, 0.4) is 0 Å². The molecule has 0 spiro atoms. The zero-order valence-electron chi connectivity index (χ0n) is 12.3. The zero-order chi connectivity index (χ0) is 14.8. The molecule has 0 aliphatic carbocycles. The van der Waals surface area contributed by atoms with Crippen LogP contribution in [0.2, 0.25) is 0 Å². The molecule has 21 heavy (non-hydrogen) atoms. The van der Waals surface area contributed by atoms with Gasteiger partial charge in [0.15, 0.2) is 0 Å². The highest BCUT2D eigenvalue weighted by molar-refractivity contribution is 5.92. The molecule has 0 aliphatic rings. The van der Waals surface area contributed by atoms with Crippen LogP contribution in [0.1, 0.15) is 11.1 Å². The van der Waals surface area contributed by atoms with Gasteiger partial charge in [-0.05, 0) is 37.1 Å². The summed E-state index contributed by atoms with van der Waals surface area (Å²) in [6, 6.07) is 12.1. The van der Waals surface area contributed by atoms with E-state index in [1.807, 2.05) is 31.2 Å². The Morgan fingerprint density at radius 1 is 1.00 bits per heavy atom. The van der Waals surface area contributed by atoms with Gasteiger partial charge < -0.3 is 10.1 Å². The third kappa shape index (κ3) is 2.52. The number of nitrogens with one attached hydrogen (secondary N) is 1. The van der Waals surface area contributed by atoms with Crippen molar-refractivity contribution in [1.82, 2.24) is 9.97 Å². The lowest BCUT2D eigenvalue weighted by Gasteiger charge is -2.12. The zero-order valence-corrected chi connectivity index (χ0v) is 12.3. The number of nitrogens with zero attached hydrogens (tertiary/aromatic N) is 2. The fourth-order valence-electron chi connectivity index (χ4n) is 2.35. The molecule has 1 aromatic heterocycles. The van der Waals surface area contributed by atoms with Gasteiger partial charge in [-0.25, -0.2) is 9.97 Å². The summed E-state index contributed by atoms with van der Waals surface area (Å²) in [4.78, 5) is 8.70. The first-order valence-electron chi connectivity index (χ1n) is 6.81. The number of methoxy groups -OCH3 is 1. The number of para-hydroxylation sites is 1. The van der Waals surface area contributed by atoms with E-state index < -0.39 is 0 Å². The minimum Gasteiger partial charge on any atom is -0.496 e. The van der Waals surface area contributed by atoms with Crippen molar-refractivity contribution in [3.8, 4) is 5.75 Å². The summed E-state index contributed by atoms with van der Waals surface area (Å²) in [7, 11) is 1.67. The van der Waals surface area contributed by atoms with Crippen LogP contribution in [-0.2, 0) is 0 Å². The second-order valence-electron chi connectivity index (χ2n) is 5.00. The van der Waals surface area contributed by atoms with Crippen LogP contribution in [0, 0.1) is 13.8 Å². The Balaban J connectivity index is 2.11. The van der Waals surface area contributed by atoms with Crippen molar-refractivity contribution in [3.05, 3.63) is 53.9 Å². The first-order chi connectivity index (χ1) is 10.2. The van der Waals surface area contributed by atoms with Crippen LogP contribution in [0.15, 0.2) is 42.7 Å². The molecule has 0 fully saturated rings. The van der Waals surface area contributed by atoms with Gasteiger partial charge in [-0.3, -0.25) is 0 Å². The fourth-order valence-corrected chi connectivity index (χ4v) is 2.35. The third-order valence-corrected chi connectivity index (χ3v) is 3.55. The number of aromatic nitrogens is 2. The molecule has 0 atom stereocenters. The van der Waals surface area contributed by atoms with E-state index in [0.717, 1.165) is 33.7 Å². The van der Waals surface area contributed by atoms with Crippen molar-refractivity contribution in [2.24, 2.45) is 0 Å². The molecular formula is C17H17N3O. The van der Waals surface area contributed by atoms with Crippen molar-refractivity contribution in [1.29, 1.82) is 0 Å². The molecule has 0 unspecified atom stereocenters. The summed E-state index contributed by atoms with van der Waals surface area (Å²) in [6.45, 7) is 4.09. The number of fused-ring (bicyclic) bond motifs is 1. The molecule has 0 aliphatic heterocycles. The molecule has 3 aromatic rings. The van der Waals surface area contributed by atoms with Crippen LogP contribution < -0.4 is 10.1 Å². The minimum atomic E-state index is 0.806. The maximum atomic E-state index is 5.35. The number of benzene rings is 2. The molecule has 3 rings (SSSR count). The molecule has 106 valence electrons. The molecule has 4 heteroatoms. The van der Waals surface area contributed by atoms with E-state index >= 15 is 0 Å². The van der Waals surface area contributed by atoms with Crippen molar-refractivity contribution >= 4 is 22.4 Å². The molecule has 4 nitrogen and oxygen atoms in total. The number of hydrogen-bond acceptors (Lipinski definition) is 4. The van der Waals surface area contributed by atoms with Gasteiger partial charge in [0.2, 0.25) is 0 Å². The van der Waals surface area contributed by atoms with E-state index in [1.54, 1.807) is 13.4 Å². The van der Waals surface area contributed by atoms with Crippen molar-refractivity contribution in [3.63, 3.8) is 0 Å². The number of aryl methyl sites for hydroxylation is 2. The summed E-state index contributed by atoms with van der Waals surface area (Å²) in [5, 5.41) is 4.37. The molecule has 0 radical (unpaired) electrons. The molecular weight excluding hydrogens is 262 g/mol. The molecule has 2 aromatic carbocycles. The predicted octanol–water partition coefficient (Wildman–Crippen LogP) is 4.00. The summed E-state index contributed by atoms with van der Waals surface area (Å²) >= 11 is 0. The van der Waals surface area contributed by atoms with Crippen LogP contribution >= 0.6 is 0 Å². The quantitative estimate of drug-likeness (QED) is 0.787. The summed E-state index contributed by atoms with van der Waals surface area (Å²) < 4.78 is 5.35. The van der Waals surface area contributed by atoms with Gasteiger partial charge >= 0.3 is 0 Å². The first-order valence-corrected chi connectivity index (χ1v) is 6.81. The largest absolute Gasteiger partial charge is 0.496 e. The van der Waals surface area contributed by atoms with Gasteiger partial charge in [0.25, 0.3) is 0 Å². The number of ether oxygens (including phenoxy) is 1. The highest BCUT2D eigenvalue weighted by Gasteiger charge is 2.08. The van der Waals surface area contributed by atoms with Crippen LogP contribution in [0.25, 0.3) is 10.9 Å². The number of rotatable bonds is 3. The maximum Gasteiger partial charge on any atom is 0.141 e. The lowest BCUT2D eigenvalue weighted by Crippen LogP contribution is -1.98. The molecule has 0 saturated carbocycles. The van der Waals surface area contributed by atoms with Gasteiger partial charge in [-0.1, -0.05) is 18.2 Å². The fraction of sp³-hybridized carbons (Fsp3) is 0.176.